The highest BCUT2D eigenvalue weighted by molar-refractivity contribution is 5.85. The molecule has 1 amide bonds. The Balaban J connectivity index is 2.80. The van der Waals surface area contributed by atoms with Crippen molar-refractivity contribution in [1.29, 1.82) is 0 Å². The first-order valence-corrected chi connectivity index (χ1v) is 7.65. The predicted molar refractivity (Wildman–Crippen MR) is 80.0 cm³/mol. The van der Waals surface area contributed by atoms with E-state index >= 15 is 0 Å². The van der Waals surface area contributed by atoms with Gasteiger partial charge in [0.15, 0.2) is 0 Å². The van der Waals surface area contributed by atoms with Gasteiger partial charge in [0.1, 0.15) is 0 Å². The number of carbonyl (C=O) groups excluding carboxylic acids is 1. The lowest BCUT2D eigenvalue weighted by molar-refractivity contribution is -0.124. The summed E-state index contributed by atoms with van der Waals surface area (Å²) in [6.07, 6.45) is 3.91. The maximum Gasteiger partial charge on any atom is 0.237 e. The van der Waals surface area contributed by atoms with Crippen molar-refractivity contribution in [3.63, 3.8) is 0 Å². The number of hydrogen-bond donors (Lipinski definition) is 2. The molecule has 0 aromatic heterocycles. The maximum atomic E-state index is 11.9. The Hall–Kier alpha value is -0.610. The van der Waals surface area contributed by atoms with Crippen LogP contribution in [0.25, 0.3) is 0 Å². The molecule has 0 aromatic carbocycles. The monoisotopic (exact) mass is 269 g/mol. The first kappa shape index (κ1) is 16.4. The van der Waals surface area contributed by atoms with Gasteiger partial charge in [-0.3, -0.25) is 9.69 Å². The van der Waals surface area contributed by atoms with Gasteiger partial charge in [-0.1, -0.05) is 6.92 Å². The number of rotatable bonds is 7. The zero-order valence-corrected chi connectivity index (χ0v) is 13.2. The minimum atomic E-state index is -0.500. The van der Waals surface area contributed by atoms with E-state index in [0.717, 1.165) is 32.2 Å². The summed E-state index contributed by atoms with van der Waals surface area (Å²) in [7, 11) is 0. The Kier molecular flexibility index (Phi) is 5.81. The number of amides is 1. The van der Waals surface area contributed by atoms with E-state index in [1.807, 2.05) is 0 Å². The van der Waals surface area contributed by atoms with Crippen LogP contribution in [0, 0.1) is 0 Å². The molecule has 2 unspecified atom stereocenters. The summed E-state index contributed by atoms with van der Waals surface area (Å²) >= 11 is 0. The second kappa shape index (κ2) is 6.71. The average molecular weight is 269 g/mol. The Morgan fingerprint density at radius 1 is 1.42 bits per heavy atom. The molecule has 1 aliphatic rings. The van der Waals surface area contributed by atoms with Crippen molar-refractivity contribution in [1.82, 2.24) is 10.2 Å². The third-order valence-electron chi connectivity index (χ3n) is 4.14. The van der Waals surface area contributed by atoms with E-state index in [-0.39, 0.29) is 11.9 Å². The number of primary amides is 1. The molecule has 4 nitrogen and oxygen atoms in total. The molecule has 1 rings (SSSR count). The quantitative estimate of drug-likeness (QED) is 0.742. The molecular weight excluding hydrogens is 238 g/mol. The second-order valence-electron chi connectivity index (χ2n) is 6.47. The van der Waals surface area contributed by atoms with Crippen molar-refractivity contribution in [2.24, 2.45) is 5.73 Å². The molecule has 0 bridgehead atoms. The third kappa shape index (κ3) is 3.93. The van der Waals surface area contributed by atoms with E-state index in [1.54, 1.807) is 0 Å². The molecule has 1 saturated carbocycles. The van der Waals surface area contributed by atoms with Crippen LogP contribution in [0.5, 0.6) is 0 Å². The Bertz CT molecular complexity index is 304. The van der Waals surface area contributed by atoms with Gasteiger partial charge in [0.25, 0.3) is 0 Å². The first-order valence-electron chi connectivity index (χ1n) is 7.65. The van der Waals surface area contributed by atoms with Crippen LogP contribution in [0.4, 0.5) is 0 Å². The molecule has 0 heterocycles. The Labute approximate surface area is 118 Å². The minimum absolute atomic E-state index is 0.191. The van der Waals surface area contributed by atoms with Crippen LogP contribution in [0.2, 0.25) is 0 Å². The van der Waals surface area contributed by atoms with Crippen molar-refractivity contribution in [2.75, 3.05) is 6.54 Å². The highest BCUT2D eigenvalue weighted by Gasteiger charge is 2.45. The SMILES string of the molecule is CCCN(C(C)C)C1CCC(NC(C)C)(C(N)=O)C1. The van der Waals surface area contributed by atoms with Gasteiger partial charge in [-0.25, -0.2) is 0 Å². The van der Waals surface area contributed by atoms with Crippen LogP contribution < -0.4 is 11.1 Å². The van der Waals surface area contributed by atoms with E-state index < -0.39 is 5.54 Å². The molecular formula is C15H31N3O. The van der Waals surface area contributed by atoms with Gasteiger partial charge in [-0.05, 0) is 59.9 Å². The largest absolute Gasteiger partial charge is 0.368 e. The van der Waals surface area contributed by atoms with E-state index in [9.17, 15) is 4.79 Å². The third-order valence-corrected chi connectivity index (χ3v) is 4.14. The fraction of sp³-hybridized carbons (Fsp3) is 0.933. The molecule has 0 radical (unpaired) electrons. The number of nitrogens with zero attached hydrogens (tertiary/aromatic N) is 1. The van der Waals surface area contributed by atoms with Gasteiger partial charge in [-0.2, -0.15) is 0 Å². The lowest BCUT2D eigenvalue weighted by Crippen LogP contribution is -2.57. The summed E-state index contributed by atoms with van der Waals surface area (Å²) < 4.78 is 0. The summed E-state index contributed by atoms with van der Waals surface area (Å²) in [5, 5.41) is 3.42. The molecule has 0 aliphatic heterocycles. The number of nitrogens with two attached hydrogens (primary N) is 1. The predicted octanol–water partition coefficient (Wildman–Crippen LogP) is 1.88. The summed E-state index contributed by atoms with van der Waals surface area (Å²) in [6.45, 7) is 11.9. The topological polar surface area (TPSA) is 58.4 Å². The van der Waals surface area contributed by atoms with Gasteiger partial charge in [0.2, 0.25) is 5.91 Å². The normalized spacial score (nSPS) is 27.7. The molecule has 0 spiro atoms. The highest BCUT2D eigenvalue weighted by Crippen LogP contribution is 2.34. The summed E-state index contributed by atoms with van der Waals surface area (Å²) in [5.41, 5.74) is 5.17. The van der Waals surface area contributed by atoms with Crippen LogP contribution in [0.1, 0.15) is 60.3 Å². The minimum Gasteiger partial charge on any atom is -0.368 e. The van der Waals surface area contributed by atoms with Crippen molar-refractivity contribution in [2.45, 2.75) is 84.0 Å². The number of carbonyl (C=O) groups is 1. The lowest BCUT2D eigenvalue weighted by Gasteiger charge is -2.35. The summed E-state index contributed by atoms with van der Waals surface area (Å²) in [5.74, 6) is -0.191. The van der Waals surface area contributed by atoms with Crippen molar-refractivity contribution in [3.05, 3.63) is 0 Å². The molecule has 1 fully saturated rings. The molecule has 4 heteroatoms. The fourth-order valence-corrected chi connectivity index (χ4v) is 3.40. The average Bonchev–Trinajstić information content (AvgIpc) is 2.69. The van der Waals surface area contributed by atoms with Crippen molar-refractivity contribution < 1.29 is 4.79 Å². The van der Waals surface area contributed by atoms with Gasteiger partial charge in [-0.15, -0.1) is 0 Å². The zero-order valence-electron chi connectivity index (χ0n) is 13.2. The Morgan fingerprint density at radius 2 is 2.05 bits per heavy atom. The van der Waals surface area contributed by atoms with E-state index in [1.165, 1.54) is 0 Å². The summed E-state index contributed by atoms with van der Waals surface area (Å²) in [4.78, 5) is 14.4. The molecule has 0 saturated heterocycles. The van der Waals surface area contributed by atoms with Gasteiger partial charge >= 0.3 is 0 Å². The molecule has 0 aromatic rings. The molecule has 3 N–H and O–H groups in total. The van der Waals surface area contributed by atoms with Crippen LogP contribution in [-0.2, 0) is 4.79 Å². The van der Waals surface area contributed by atoms with Crippen LogP contribution in [-0.4, -0.2) is 41.0 Å². The molecule has 19 heavy (non-hydrogen) atoms. The van der Waals surface area contributed by atoms with E-state index in [0.29, 0.717) is 12.1 Å². The smallest absolute Gasteiger partial charge is 0.237 e. The van der Waals surface area contributed by atoms with Crippen LogP contribution in [0.15, 0.2) is 0 Å². The van der Waals surface area contributed by atoms with Crippen molar-refractivity contribution >= 4 is 5.91 Å². The number of hydrogen-bond acceptors (Lipinski definition) is 3. The van der Waals surface area contributed by atoms with Crippen LogP contribution in [0.3, 0.4) is 0 Å². The van der Waals surface area contributed by atoms with Gasteiger partial charge in [0.05, 0.1) is 5.54 Å². The molecule has 1 aliphatic carbocycles. The standard InChI is InChI=1S/C15H31N3O/c1-6-9-18(12(4)5)13-7-8-15(10-13,14(16)19)17-11(2)3/h11-13,17H,6-10H2,1-5H3,(H2,16,19). The first-order chi connectivity index (χ1) is 8.82. The van der Waals surface area contributed by atoms with E-state index in [2.05, 4.69) is 44.8 Å². The van der Waals surface area contributed by atoms with Gasteiger partial charge < -0.3 is 11.1 Å². The van der Waals surface area contributed by atoms with Crippen molar-refractivity contribution in [3.8, 4) is 0 Å². The maximum absolute atomic E-state index is 11.9. The lowest BCUT2D eigenvalue weighted by atomic mass is 9.95. The Morgan fingerprint density at radius 3 is 2.47 bits per heavy atom. The number of nitrogens with one attached hydrogen (secondary N) is 1. The van der Waals surface area contributed by atoms with Gasteiger partial charge in [0, 0.05) is 18.1 Å². The van der Waals surface area contributed by atoms with E-state index in [4.69, 9.17) is 5.73 Å². The highest BCUT2D eigenvalue weighted by atomic mass is 16.1. The fourth-order valence-electron chi connectivity index (χ4n) is 3.40. The summed E-state index contributed by atoms with van der Waals surface area (Å²) in [6, 6.07) is 1.27. The van der Waals surface area contributed by atoms with Crippen LogP contribution >= 0.6 is 0 Å². The molecule has 2 atom stereocenters. The second-order valence-corrected chi connectivity index (χ2v) is 6.47. The zero-order chi connectivity index (χ0) is 14.6. The molecule has 112 valence electrons.